The van der Waals surface area contributed by atoms with Crippen molar-refractivity contribution < 1.29 is 9.53 Å². The third kappa shape index (κ3) is 1.49. The molecule has 0 N–H and O–H groups in total. The molecular formula is C13H14N4O2. The number of imidazole rings is 1. The number of likely N-dealkylation sites (tertiary alicyclic amines) is 1. The van der Waals surface area contributed by atoms with Crippen LogP contribution < -0.4 is 0 Å². The van der Waals surface area contributed by atoms with E-state index in [1.54, 1.807) is 16.8 Å². The summed E-state index contributed by atoms with van der Waals surface area (Å²) in [6.45, 7) is 2.20. The van der Waals surface area contributed by atoms with Crippen LogP contribution in [0.5, 0.6) is 0 Å². The van der Waals surface area contributed by atoms with E-state index in [4.69, 9.17) is 4.74 Å². The van der Waals surface area contributed by atoms with Gasteiger partial charge >= 0.3 is 0 Å². The highest BCUT2D eigenvalue weighted by Gasteiger charge is 2.50. The van der Waals surface area contributed by atoms with Crippen LogP contribution >= 0.6 is 0 Å². The maximum atomic E-state index is 12.5. The normalized spacial score (nSPS) is 26.0. The van der Waals surface area contributed by atoms with Gasteiger partial charge in [-0.3, -0.25) is 9.20 Å². The van der Waals surface area contributed by atoms with Gasteiger partial charge in [-0.2, -0.15) is 0 Å². The first-order valence-corrected chi connectivity index (χ1v) is 6.48. The number of fused-ring (bicyclic) bond motifs is 1. The Kier molecular flexibility index (Phi) is 2.17. The molecule has 2 fully saturated rings. The molecule has 2 saturated heterocycles. The summed E-state index contributed by atoms with van der Waals surface area (Å²) in [5.74, 6) is 0.547. The van der Waals surface area contributed by atoms with Crippen LogP contribution in [0, 0.1) is 0 Å². The third-order valence-electron chi connectivity index (χ3n) is 4.16. The zero-order chi connectivity index (χ0) is 12.9. The highest BCUT2D eigenvalue weighted by atomic mass is 16.5. The average Bonchev–Trinajstić information content (AvgIpc) is 3.05. The molecule has 0 aromatic carbocycles. The molecule has 2 aliphatic rings. The Morgan fingerprint density at radius 2 is 2.37 bits per heavy atom. The highest BCUT2D eigenvalue weighted by molar-refractivity contribution is 5.94. The van der Waals surface area contributed by atoms with Gasteiger partial charge in [-0.1, -0.05) is 0 Å². The van der Waals surface area contributed by atoms with Crippen molar-refractivity contribution in [2.24, 2.45) is 0 Å². The van der Waals surface area contributed by atoms with Gasteiger partial charge in [0.25, 0.3) is 5.91 Å². The lowest BCUT2D eigenvalue weighted by Gasteiger charge is -2.49. The molecule has 2 aromatic rings. The number of rotatable bonds is 1. The van der Waals surface area contributed by atoms with Gasteiger partial charge in [0.15, 0.2) is 0 Å². The van der Waals surface area contributed by atoms with Crippen LogP contribution in [0.3, 0.4) is 0 Å². The third-order valence-corrected chi connectivity index (χ3v) is 4.16. The smallest absolute Gasteiger partial charge is 0.274 e. The summed E-state index contributed by atoms with van der Waals surface area (Å²) in [7, 11) is 0. The van der Waals surface area contributed by atoms with Crippen LogP contribution in [0.15, 0.2) is 24.7 Å². The largest absolute Gasteiger partial charge is 0.379 e. The Bertz CT molecular complexity index is 612. The minimum Gasteiger partial charge on any atom is -0.379 e. The number of carbonyl (C=O) groups is 1. The number of ether oxygens (including phenoxy) is 1. The summed E-state index contributed by atoms with van der Waals surface area (Å²) in [6, 6.07) is 1.82. The number of hydrogen-bond donors (Lipinski definition) is 0. The van der Waals surface area contributed by atoms with E-state index < -0.39 is 0 Å². The highest BCUT2D eigenvalue weighted by Crippen LogP contribution is 2.38. The zero-order valence-electron chi connectivity index (χ0n) is 10.5. The molecule has 0 unspecified atom stereocenters. The van der Waals surface area contributed by atoms with Crippen molar-refractivity contribution in [1.82, 2.24) is 19.3 Å². The monoisotopic (exact) mass is 258 g/mol. The Balaban J connectivity index is 1.66. The molecule has 0 aliphatic carbocycles. The van der Waals surface area contributed by atoms with Gasteiger partial charge in [-0.15, -0.1) is 0 Å². The number of aromatic nitrogens is 3. The van der Waals surface area contributed by atoms with Crippen LogP contribution in [0.2, 0.25) is 0 Å². The van der Waals surface area contributed by atoms with Crippen molar-refractivity contribution in [3.05, 3.63) is 30.4 Å². The van der Waals surface area contributed by atoms with Crippen LogP contribution in [-0.2, 0) is 4.74 Å². The minimum atomic E-state index is -0.0691. The Morgan fingerprint density at radius 1 is 1.42 bits per heavy atom. The topological polar surface area (TPSA) is 59.7 Å². The van der Waals surface area contributed by atoms with E-state index in [1.165, 1.54) is 0 Å². The lowest BCUT2D eigenvalue weighted by atomic mass is 9.83. The molecule has 1 amide bonds. The molecule has 1 spiro atoms. The number of nitrogens with zero attached hydrogens (tertiary/aromatic N) is 4. The SMILES string of the molecule is O=C(c1cn2cccnc2n1)N1CC[C@@]12CCOC2. The molecular weight excluding hydrogens is 244 g/mol. The maximum absolute atomic E-state index is 12.5. The van der Waals surface area contributed by atoms with E-state index in [1.807, 2.05) is 17.2 Å². The Labute approximate surface area is 110 Å². The molecule has 4 rings (SSSR count). The first-order valence-electron chi connectivity index (χ1n) is 6.48. The van der Waals surface area contributed by atoms with Crippen molar-refractivity contribution >= 4 is 11.7 Å². The fraction of sp³-hybridized carbons (Fsp3) is 0.462. The summed E-state index contributed by atoms with van der Waals surface area (Å²) in [4.78, 5) is 22.9. The van der Waals surface area contributed by atoms with E-state index in [0.717, 1.165) is 26.0 Å². The number of hydrogen-bond acceptors (Lipinski definition) is 4. The van der Waals surface area contributed by atoms with Crippen molar-refractivity contribution in [3.63, 3.8) is 0 Å². The van der Waals surface area contributed by atoms with Crippen molar-refractivity contribution in [3.8, 4) is 0 Å². The zero-order valence-corrected chi connectivity index (χ0v) is 10.5. The van der Waals surface area contributed by atoms with Crippen molar-refractivity contribution in [1.29, 1.82) is 0 Å². The van der Waals surface area contributed by atoms with E-state index in [0.29, 0.717) is 18.1 Å². The summed E-state index contributed by atoms with van der Waals surface area (Å²) >= 11 is 0. The first-order chi connectivity index (χ1) is 9.28. The van der Waals surface area contributed by atoms with Crippen molar-refractivity contribution in [2.75, 3.05) is 19.8 Å². The predicted octanol–water partition coefficient (Wildman–Crippen LogP) is 0.734. The standard InChI is InChI=1S/C13H14N4O2/c18-11(17-6-2-13(17)3-7-19-9-13)10-8-16-5-1-4-14-12(16)15-10/h1,4-5,8H,2-3,6-7,9H2/t13-/m0/s1. The first kappa shape index (κ1) is 10.9. The van der Waals surface area contributed by atoms with E-state index >= 15 is 0 Å². The van der Waals surface area contributed by atoms with Crippen LogP contribution in [0.1, 0.15) is 23.3 Å². The minimum absolute atomic E-state index is 0.0118. The van der Waals surface area contributed by atoms with E-state index in [2.05, 4.69) is 9.97 Å². The van der Waals surface area contributed by atoms with Gasteiger partial charge in [0.2, 0.25) is 5.78 Å². The molecule has 6 nitrogen and oxygen atoms in total. The lowest BCUT2D eigenvalue weighted by molar-refractivity contribution is -0.00834. The molecule has 2 aliphatic heterocycles. The Morgan fingerprint density at radius 3 is 3.05 bits per heavy atom. The molecule has 6 heteroatoms. The number of carbonyl (C=O) groups excluding carboxylic acids is 1. The quantitative estimate of drug-likeness (QED) is 0.756. The fourth-order valence-corrected chi connectivity index (χ4v) is 2.93. The maximum Gasteiger partial charge on any atom is 0.274 e. The molecule has 0 radical (unpaired) electrons. The van der Waals surface area contributed by atoms with Gasteiger partial charge in [0, 0.05) is 31.7 Å². The summed E-state index contributed by atoms with van der Waals surface area (Å²) in [5.41, 5.74) is 0.394. The van der Waals surface area contributed by atoms with Crippen LogP contribution in [0.4, 0.5) is 0 Å². The molecule has 1 atom stereocenters. The van der Waals surface area contributed by atoms with Gasteiger partial charge < -0.3 is 9.64 Å². The van der Waals surface area contributed by atoms with Gasteiger partial charge in [0.1, 0.15) is 5.69 Å². The van der Waals surface area contributed by atoms with Crippen molar-refractivity contribution in [2.45, 2.75) is 18.4 Å². The summed E-state index contributed by atoms with van der Waals surface area (Å²) in [6.07, 6.45) is 7.23. The second kappa shape index (κ2) is 3.77. The van der Waals surface area contributed by atoms with Gasteiger partial charge in [-0.05, 0) is 18.9 Å². The van der Waals surface area contributed by atoms with E-state index in [9.17, 15) is 4.79 Å². The van der Waals surface area contributed by atoms with Crippen LogP contribution in [-0.4, -0.2) is 50.5 Å². The summed E-state index contributed by atoms with van der Waals surface area (Å²) < 4.78 is 7.21. The second-order valence-corrected chi connectivity index (χ2v) is 5.19. The summed E-state index contributed by atoms with van der Waals surface area (Å²) in [5, 5.41) is 0. The molecule has 98 valence electrons. The lowest BCUT2D eigenvalue weighted by Crippen LogP contribution is -2.62. The predicted molar refractivity (Wildman–Crippen MR) is 66.8 cm³/mol. The molecule has 0 saturated carbocycles. The molecule has 19 heavy (non-hydrogen) atoms. The van der Waals surface area contributed by atoms with Gasteiger partial charge in [0.05, 0.1) is 12.1 Å². The fourth-order valence-electron chi connectivity index (χ4n) is 2.93. The molecule has 0 bridgehead atoms. The second-order valence-electron chi connectivity index (χ2n) is 5.19. The average molecular weight is 258 g/mol. The van der Waals surface area contributed by atoms with E-state index in [-0.39, 0.29) is 11.4 Å². The molecule has 2 aromatic heterocycles. The van der Waals surface area contributed by atoms with Gasteiger partial charge in [-0.25, -0.2) is 9.97 Å². The molecule has 4 heterocycles. The number of amides is 1. The Hall–Kier alpha value is -1.95. The van der Waals surface area contributed by atoms with Crippen LogP contribution in [0.25, 0.3) is 5.78 Å².